The van der Waals surface area contributed by atoms with Crippen LogP contribution in [0.25, 0.3) is 0 Å². The Balaban J connectivity index is 2.40. The van der Waals surface area contributed by atoms with Crippen molar-refractivity contribution in [2.75, 3.05) is 30.9 Å². The Bertz CT molecular complexity index is 342. The lowest BCUT2D eigenvalue weighted by atomic mass is 10.2. The number of anilines is 1. The van der Waals surface area contributed by atoms with Crippen molar-refractivity contribution in [1.82, 2.24) is 15.5 Å². The van der Waals surface area contributed by atoms with Crippen LogP contribution in [0.5, 0.6) is 0 Å². The van der Waals surface area contributed by atoms with E-state index in [0.29, 0.717) is 22.6 Å². The fraction of sp³-hybridized carbons (Fsp3) is 0.667. The minimum absolute atomic E-state index is 0.146. The highest BCUT2D eigenvalue weighted by Gasteiger charge is 2.12. The summed E-state index contributed by atoms with van der Waals surface area (Å²) in [6, 6.07) is 0. The fourth-order valence-corrected chi connectivity index (χ4v) is 2.40. The molecule has 0 saturated carbocycles. The van der Waals surface area contributed by atoms with Crippen LogP contribution in [0, 0.1) is 5.92 Å². The van der Waals surface area contributed by atoms with Gasteiger partial charge in [0.2, 0.25) is 10.1 Å². The van der Waals surface area contributed by atoms with Crippen LogP contribution in [0.3, 0.4) is 0 Å². The van der Waals surface area contributed by atoms with E-state index in [1.165, 1.54) is 11.3 Å². The number of rotatable bonds is 6. The Hall–Kier alpha value is -0.820. The van der Waals surface area contributed by atoms with Gasteiger partial charge in [0.25, 0.3) is 5.91 Å². The first kappa shape index (κ1) is 13.2. The van der Waals surface area contributed by atoms with E-state index < -0.39 is 0 Å². The van der Waals surface area contributed by atoms with Gasteiger partial charge >= 0.3 is 0 Å². The van der Waals surface area contributed by atoms with Gasteiger partial charge in [-0.3, -0.25) is 4.79 Å². The Morgan fingerprint density at radius 2 is 2.31 bits per heavy atom. The van der Waals surface area contributed by atoms with Gasteiger partial charge in [0.05, 0.1) is 0 Å². The molecule has 1 aromatic heterocycles. The highest BCUT2D eigenvalue weighted by atomic mass is 32.2. The summed E-state index contributed by atoms with van der Waals surface area (Å²) >= 11 is 3.03. The van der Waals surface area contributed by atoms with E-state index >= 15 is 0 Å². The van der Waals surface area contributed by atoms with Gasteiger partial charge in [-0.1, -0.05) is 18.3 Å². The fourth-order valence-electron chi connectivity index (χ4n) is 1.10. The number of carbonyl (C=O) groups excluding carboxylic acids is 1. The molecule has 0 radical (unpaired) electrons. The first-order valence-corrected chi connectivity index (χ1v) is 7.16. The molecule has 1 unspecified atom stereocenters. The zero-order valence-corrected chi connectivity index (χ0v) is 11.2. The molecular formula is C9H16N4OS2. The molecule has 0 aliphatic rings. The highest BCUT2D eigenvalue weighted by Crippen LogP contribution is 2.13. The molecule has 1 heterocycles. The van der Waals surface area contributed by atoms with E-state index in [2.05, 4.69) is 34.0 Å². The number of nitrogens with zero attached hydrogens (tertiary/aromatic N) is 2. The molecule has 2 N–H and O–H groups in total. The number of hydrogen-bond donors (Lipinski definition) is 2. The normalized spacial score (nSPS) is 12.2. The van der Waals surface area contributed by atoms with Crippen molar-refractivity contribution >= 4 is 34.1 Å². The van der Waals surface area contributed by atoms with Crippen molar-refractivity contribution < 1.29 is 4.79 Å². The second kappa shape index (κ2) is 6.70. The predicted molar refractivity (Wildman–Crippen MR) is 69.3 cm³/mol. The molecule has 0 aliphatic heterocycles. The second-order valence-electron chi connectivity index (χ2n) is 3.43. The van der Waals surface area contributed by atoms with Crippen molar-refractivity contribution in [2.45, 2.75) is 6.92 Å². The van der Waals surface area contributed by atoms with E-state index in [-0.39, 0.29) is 5.91 Å². The van der Waals surface area contributed by atoms with Gasteiger partial charge in [0, 0.05) is 13.6 Å². The first-order chi connectivity index (χ1) is 7.67. The predicted octanol–water partition coefficient (Wildman–Crippen LogP) is 1.31. The average molecular weight is 260 g/mol. The Kier molecular flexibility index (Phi) is 5.54. The van der Waals surface area contributed by atoms with Crippen LogP contribution < -0.4 is 10.6 Å². The van der Waals surface area contributed by atoms with Gasteiger partial charge in [-0.05, 0) is 17.9 Å². The van der Waals surface area contributed by atoms with Crippen molar-refractivity contribution in [3.05, 3.63) is 5.01 Å². The summed E-state index contributed by atoms with van der Waals surface area (Å²) in [5, 5.41) is 14.4. The third kappa shape index (κ3) is 3.97. The summed E-state index contributed by atoms with van der Waals surface area (Å²) in [6.07, 6.45) is 2.06. The number of amides is 1. The van der Waals surface area contributed by atoms with E-state index in [4.69, 9.17) is 0 Å². The Morgan fingerprint density at radius 3 is 2.88 bits per heavy atom. The lowest BCUT2D eigenvalue weighted by molar-refractivity contribution is 0.0948. The van der Waals surface area contributed by atoms with Crippen LogP contribution in [-0.4, -0.2) is 41.7 Å². The minimum atomic E-state index is -0.146. The van der Waals surface area contributed by atoms with Crippen molar-refractivity contribution in [3.63, 3.8) is 0 Å². The molecule has 0 saturated heterocycles. The summed E-state index contributed by atoms with van der Waals surface area (Å²) in [4.78, 5) is 11.6. The second-order valence-corrected chi connectivity index (χ2v) is 5.32. The SMILES string of the molecule is CNc1nnc(C(=O)NCC(C)CSC)s1. The summed E-state index contributed by atoms with van der Waals surface area (Å²) in [6.45, 7) is 2.78. The summed E-state index contributed by atoms with van der Waals surface area (Å²) < 4.78 is 0. The molecule has 90 valence electrons. The molecule has 0 spiro atoms. The maximum Gasteiger partial charge on any atom is 0.282 e. The number of aromatic nitrogens is 2. The largest absolute Gasteiger partial charge is 0.363 e. The molecule has 0 aliphatic carbocycles. The first-order valence-electron chi connectivity index (χ1n) is 4.95. The van der Waals surface area contributed by atoms with Crippen molar-refractivity contribution in [1.29, 1.82) is 0 Å². The van der Waals surface area contributed by atoms with E-state index in [1.54, 1.807) is 18.8 Å². The van der Waals surface area contributed by atoms with E-state index in [0.717, 1.165) is 5.75 Å². The molecule has 1 atom stereocenters. The van der Waals surface area contributed by atoms with Crippen molar-refractivity contribution in [2.24, 2.45) is 5.92 Å². The van der Waals surface area contributed by atoms with Gasteiger partial charge in [0.1, 0.15) is 0 Å². The lowest BCUT2D eigenvalue weighted by Gasteiger charge is -2.09. The molecule has 0 bridgehead atoms. The van der Waals surface area contributed by atoms with Gasteiger partial charge in [-0.15, -0.1) is 10.2 Å². The van der Waals surface area contributed by atoms with Crippen LogP contribution in [0.15, 0.2) is 0 Å². The number of hydrogen-bond acceptors (Lipinski definition) is 6. The monoisotopic (exact) mass is 260 g/mol. The summed E-state index contributed by atoms with van der Waals surface area (Å²) in [7, 11) is 1.75. The van der Waals surface area contributed by atoms with Crippen LogP contribution in [-0.2, 0) is 0 Å². The standard InChI is InChI=1S/C9H16N4OS2/c1-6(5-15-3)4-11-7(14)8-12-13-9(10-2)16-8/h6H,4-5H2,1-3H3,(H,10,13)(H,11,14). The minimum Gasteiger partial charge on any atom is -0.363 e. The number of nitrogens with one attached hydrogen (secondary N) is 2. The molecular weight excluding hydrogens is 244 g/mol. The molecule has 5 nitrogen and oxygen atoms in total. The average Bonchev–Trinajstić information content (AvgIpc) is 2.75. The topological polar surface area (TPSA) is 66.9 Å². The van der Waals surface area contributed by atoms with Crippen molar-refractivity contribution in [3.8, 4) is 0 Å². The molecule has 7 heteroatoms. The van der Waals surface area contributed by atoms with Gasteiger partial charge < -0.3 is 10.6 Å². The molecule has 1 rings (SSSR count). The molecule has 0 aromatic carbocycles. The molecule has 1 amide bonds. The van der Waals surface area contributed by atoms with Crippen LogP contribution in [0.2, 0.25) is 0 Å². The maximum atomic E-state index is 11.6. The number of carbonyl (C=O) groups is 1. The third-order valence-electron chi connectivity index (χ3n) is 1.90. The summed E-state index contributed by atoms with van der Waals surface area (Å²) in [5.74, 6) is 1.36. The van der Waals surface area contributed by atoms with E-state index in [9.17, 15) is 4.79 Å². The van der Waals surface area contributed by atoms with Crippen LogP contribution in [0.4, 0.5) is 5.13 Å². The summed E-state index contributed by atoms with van der Waals surface area (Å²) in [5.41, 5.74) is 0. The maximum absolute atomic E-state index is 11.6. The smallest absolute Gasteiger partial charge is 0.282 e. The van der Waals surface area contributed by atoms with Gasteiger partial charge in [-0.2, -0.15) is 11.8 Å². The Labute approximate surface area is 103 Å². The number of thioether (sulfide) groups is 1. The highest BCUT2D eigenvalue weighted by molar-refractivity contribution is 7.98. The molecule has 16 heavy (non-hydrogen) atoms. The van der Waals surface area contributed by atoms with Gasteiger partial charge in [-0.25, -0.2) is 0 Å². The zero-order chi connectivity index (χ0) is 12.0. The quantitative estimate of drug-likeness (QED) is 0.807. The third-order valence-corrected chi connectivity index (χ3v) is 3.74. The van der Waals surface area contributed by atoms with Crippen LogP contribution >= 0.6 is 23.1 Å². The molecule has 0 fully saturated rings. The van der Waals surface area contributed by atoms with E-state index in [1.807, 2.05) is 0 Å². The Morgan fingerprint density at radius 1 is 1.56 bits per heavy atom. The molecule has 1 aromatic rings. The van der Waals surface area contributed by atoms with Gasteiger partial charge in [0.15, 0.2) is 0 Å². The lowest BCUT2D eigenvalue weighted by Crippen LogP contribution is -2.29. The van der Waals surface area contributed by atoms with Crippen LogP contribution in [0.1, 0.15) is 16.7 Å². The zero-order valence-electron chi connectivity index (χ0n) is 9.61.